The summed E-state index contributed by atoms with van der Waals surface area (Å²) in [5.74, 6) is 2.90. The number of carbonyl (C=O) groups excluding carboxylic acids is 1. The van der Waals surface area contributed by atoms with E-state index in [0.717, 1.165) is 5.75 Å². The Morgan fingerprint density at radius 1 is 1.32 bits per heavy atom. The second-order valence-corrected chi connectivity index (χ2v) is 6.75. The monoisotopic (exact) mass is 286 g/mol. The fourth-order valence-electron chi connectivity index (χ4n) is 2.70. The number of nitrogens with one attached hydrogen (secondary N) is 1. The van der Waals surface area contributed by atoms with Gasteiger partial charge in [0, 0.05) is 24.8 Å². The lowest BCUT2D eigenvalue weighted by molar-refractivity contribution is -0.121. The largest absolute Gasteiger partial charge is 0.352 e. The summed E-state index contributed by atoms with van der Waals surface area (Å²) >= 11 is 1.88. The molecule has 0 aliphatic heterocycles. The molecule has 1 atom stereocenters. The first-order chi connectivity index (χ1) is 9.27. The minimum absolute atomic E-state index is 0.185. The molecule has 1 saturated carbocycles. The maximum Gasteiger partial charge on any atom is 0.221 e. The van der Waals surface area contributed by atoms with E-state index in [2.05, 4.69) is 12.2 Å². The zero-order chi connectivity index (χ0) is 13.9. The van der Waals surface area contributed by atoms with Crippen molar-refractivity contribution in [2.45, 2.75) is 64.3 Å². The van der Waals surface area contributed by atoms with E-state index in [-0.39, 0.29) is 11.9 Å². The van der Waals surface area contributed by atoms with Crippen molar-refractivity contribution in [2.75, 3.05) is 18.1 Å². The second-order valence-electron chi connectivity index (χ2n) is 5.52. The Bertz CT molecular complexity index is 242. The summed E-state index contributed by atoms with van der Waals surface area (Å²) in [6, 6.07) is 0.202. The lowest BCUT2D eigenvalue weighted by atomic mass is 9.84. The van der Waals surface area contributed by atoms with Crippen LogP contribution in [0.4, 0.5) is 0 Å². The Balaban J connectivity index is 2.17. The zero-order valence-electron chi connectivity index (χ0n) is 12.3. The van der Waals surface area contributed by atoms with Gasteiger partial charge < -0.3 is 11.1 Å². The first-order valence-electron chi connectivity index (χ1n) is 7.85. The topological polar surface area (TPSA) is 55.1 Å². The van der Waals surface area contributed by atoms with Crippen LogP contribution in [-0.2, 0) is 4.79 Å². The minimum atomic E-state index is 0.185. The van der Waals surface area contributed by atoms with Gasteiger partial charge in [-0.05, 0) is 30.9 Å². The molecule has 0 saturated heterocycles. The Kier molecular flexibility index (Phi) is 9.35. The first kappa shape index (κ1) is 16.8. The van der Waals surface area contributed by atoms with Crippen LogP contribution in [0, 0.1) is 5.92 Å². The van der Waals surface area contributed by atoms with Gasteiger partial charge in [-0.1, -0.05) is 32.6 Å². The van der Waals surface area contributed by atoms with E-state index in [4.69, 9.17) is 5.73 Å². The number of hydrogen-bond donors (Lipinski definition) is 2. The molecule has 1 aliphatic rings. The lowest BCUT2D eigenvalue weighted by Gasteiger charge is -2.30. The molecule has 3 nitrogen and oxygen atoms in total. The number of carbonyl (C=O) groups is 1. The Hall–Kier alpha value is -0.220. The molecule has 1 amide bonds. The molecule has 0 heterocycles. The summed E-state index contributed by atoms with van der Waals surface area (Å²) in [6.45, 7) is 2.78. The minimum Gasteiger partial charge on any atom is -0.352 e. The molecule has 0 aromatic carbocycles. The van der Waals surface area contributed by atoms with Gasteiger partial charge in [0.2, 0.25) is 5.91 Å². The van der Waals surface area contributed by atoms with Gasteiger partial charge in [-0.2, -0.15) is 11.8 Å². The molecule has 1 aliphatic carbocycles. The van der Waals surface area contributed by atoms with Crippen molar-refractivity contribution < 1.29 is 4.79 Å². The summed E-state index contributed by atoms with van der Waals surface area (Å²) < 4.78 is 0. The average molecular weight is 286 g/mol. The third kappa shape index (κ3) is 7.21. The zero-order valence-corrected chi connectivity index (χ0v) is 13.1. The molecule has 0 radical (unpaired) electrons. The van der Waals surface area contributed by atoms with Crippen LogP contribution in [0.2, 0.25) is 0 Å². The standard InChI is InChI=1S/C15H30N2OS/c1-2-3-10-19-11-9-15(18)17-14(12-16)13-7-5-4-6-8-13/h13-14H,2-12,16H2,1H3,(H,17,18). The summed E-state index contributed by atoms with van der Waals surface area (Å²) in [6.07, 6.45) is 9.51. The quantitative estimate of drug-likeness (QED) is 0.641. The molecule has 1 unspecified atom stereocenters. The SMILES string of the molecule is CCCCSCCC(=O)NC(CN)C1CCCCC1. The lowest BCUT2D eigenvalue weighted by Crippen LogP contribution is -2.46. The number of hydrogen-bond acceptors (Lipinski definition) is 3. The highest BCUT2D eigenvalue weighted by Crippen LogP contribution is 2.26. The fourth-order valence-corrected chi connectivity index (χ4v) is 3.72. The van der Waals surface area contributed by atoms with E-state index in [1.54, 1.807) is 0 Å². The first-order valence-corrected chi connectivity index (χ1v) is 9.00. The van der Waals surface area contributed by atoms with Crippen LogP contribution >= 0.6 is 11.8 Å². The van der Waals surface area contributed by atoms with Crippen LogP contribution in [0.15, 0.2) is 0 Å². The molecule has 0 aromatic heterocycles. The van der Waals surface area contributed by atoms with Crippen LogP contribution in [0.25, 0.3) is 0 Å². The van der Waals surface area contributed by atoms with Crippen LogP contribution in [0.1, 0.15) is 58.3 Å². The summed E-state index contributed by atoms with van der Waals surface area (Å²) in [7, 11) is 0. The van der Waals surface area contributed by atoms with E-state index in [0.29, 0.717) is 18.9 Å². The molecule has 3 N–H and O–H groups in total. The van der Waals surface area contributed by atoms with Crippen molar-refractivity contribution in [3.05, 3.63) is 0 Å². The molecule has 19 heavy (non-hydrogen) atoms. The molecule has 4 heteroatoms. The van der Waals surface area contributed by atoms with Crippen molar-refractivity contribution in [2.24, 2.45) is 11.7 Å². The summed E-state index contributed by atoms with van der Waals surface area (Å²) in [5, 5.41) is 3.15. The van der Waals surface area contributed by atoms with Crippen molar-refractivity contribution in [3.8, 4) is 0 Å². The van der Waals surface area contributed by atoms with E-state index < -0.39 is 0 Å². The molecule has 1 rings (SSSR count). The van der Waals surface area contributed by atoms with Gasteiger partial charge >= 0.3 is 0 Å². The van der Waals surface area contributed by atoms with Crippen LogP contribution in [-0.4, -0.2) is 30.0 Å². The predicted molar refractivity (Wildman–Crippen MR) is 84.4 cm³/mol. The Morgan fingerprint density at radius 3 is 2.68 bits per heavy atom. The number of nitrogens with two attached hydrogens (primary N) is 1. The normalized spacial score (nSPS) is 18.2. The van der Waals surface area contributed by atoms with Crippen LogP contribution in [0.5, 0.6) is 0 Å². The maximum atomic E-state index is 11.9. The fraction of sp³-hybridized carbons (Fsp3) is 0.933. The van der Waals surface area contributed by atoms with Crippen LogP contribution in [0.3, 0.4) is 0 Å². The molecule has 0 spiro atoms. The van der Waals surface area contributed by atoms with Gasteiger partial charge in [0.05, 0.1) is 0 Å². The van der Waals surface area contributed by atoms with Crippen LogP contribution < -0.4 is 11.1 Å². The predicted octanol–water partition coefficient (Wildman–Crippen LogP) is 2.93. The molecule has 112 valence electrons. The van der Waals surface area contributed by atoms with E-state index in [1.165, 1.54) is 50.7 Å². The van der Waals surface area contributed by atoms with E-state index >= 15 is 0 Å². The number of thioether (sulfide) groups is 1. The maximum absolute atomic E-state index is 11.9. The summed E-state index contributed by atoms with van der Waals surface area (Å²) in [5.41, 5.74) is 5.83. The van der Waals surface area contributed by atoms with Gasteiger partial charge in [-0.15, -0.1) is 0 Å². The van der Waals surface area contributed by atoms with Crippen molar-refractivity contribution in [3.63, 3.8) is 0 Å². The molecule has 0 bridgehead atoms. The van der Waals surface area contributed by atoms with Gasteiger partial charge in [0.1, 0.15) is 0 Å². The molecular formula is C15H30N2OS. The number of amides is 1. The second kappa shape index (κ2) is 10.6. The highest BCUT2D eigenvalue weighted by Gasteiger charge is 2.23. The van der Waals surface area contributed by atoms with Gasteiger partial charge in [0.15, 0.2) is 0 Å². The van der Waals surface area contributed by atoms with Gasteiger partial charge in [-0.3, -0.25) is 4.79 Å². The third-order valence-electron chi connectivity index (χ3n) is 3.93. The molecular weight excluding hydrogens is 256 g/mol. The highest BCUT2D eigenvalue weighted by atomic mass is 32.2. The van der Waals surface area contributed by atoms with Gasteiger partial charge in [-0.25, -0.2) is 0 Å². The van der Waals surface area contributed by atoms with Gasteiger partial charge in [0.25, 0.3) is 0 Å². The summed E-state index contributed by atoms with van der Waals surface area (Å²) in [4.78, 5) is 11.9. The highest BCUT2D eigenvalue weighted by molar-refractivity contribution is 7.99. The molecule has 1 fully saturated rings. The smallest absolute Gasteiger partial charge is 0.221 e. The number of unbranched alkanes of at least 4 members (excludes halogenated alkanes) is 1. The third-order valence-corrected chi connectivity index (χ3v) is 5.01. The molecule has 0 aromatic rings. The average Bonchev–Trinajstić information content (AvgIpc) is 2.45. The van der Waals surface area contributed by atoms with Crippen molar-refractivity contribution in [1.82, 2.24) is 5.32 Å². The van der Waals surface area contributed by atoms with Crippen molar-refractivity contribution in [1.29, 1.82) is 0 Å². The Morgan fingerprint density at radius 2 is 2.05 bits per heavy atom. The van der Waals surface area contributed by atoms with E-state index in [9.17, 15) is 4.79 Å². The van der Waals surface area contributed by atoms with Crippen molar-refractivity contribution >= 4 is 17.7 Å². The van der Waals surface area contributed by atoms with E-state index in [1.807, 2.05) is 11.8 Å². The number of rotatable bonds is 9. The Labute approximate surface area is 122 Å².